The fourth-order valence-corrected chi connectivity index (χ4v) is 3.01. The van der Waals surface area contributed by atoms with Crippen LogP contribution in [0.15, 0.2) is 0 Å². The van der Waals surface area contributed by atoms with E-state index in [2.05, 4.69) is 6.92 Å². The summed E-state index contributed by atoms with van der Waals surface area (Å²) in [5.74, 6) is 1.09. The van der Waals surface area contributed by atoms with Gasteiger partial charge >= 0.3 is 6.03 Å². The number of carbonyl (C=O) groups is 1. The zero-order chi connectivity index (χ0) is 11.3. The van der Waals surface area contributed by atoms with Gasteiger partial charge < -0.3 is 9.80 Å². The van der Waals surface area contributed by atoms with E-state index in [0.717, 1.165) is 38.4 Å². The highest BCUT2D eigenvalue weighted by atomic mass is 32.2. The molecular formula is C11H22N2OS. The van der Waals surface area contributed by atoms with Crippen molar-refractivity contribution in [3.8, 4) is 0 Å². The van der Waals surface area contributed by atoms with Crippen molar-refractivity contribution in [1.29, 1.82) is 0 Å². The predicted molar refractivity (Wildman–Crippen MR) is 66.4 cm³/mol. The first-order valence-electron chi connectivity index (χ1n) is 5.88. The molecule has 1 rings (SSSR count). The molecule has 1 saturated heterocycles. The van der Waals surface area contributed by atoms with E-state index in [1.807, 2.05) is 35.4 Å². The third-order valence-corrected chi connectivity index (χ3v) is 4.27. The number of rotatable bonds is 3. The fourth-order valence-electron chi connectivity index (χ4n) is 1.83. The van der Waals surface area contributed by atoms with Crippen LogP contribution in [0.5, 0.6) is 0 Å². The van der Waals surface area contributed by atoms with Gasteiger partial charge in [-0.1, -0.05) is 6.92 Å². The summed E-state index contributed by atoms with van der Waals surface area (Å²) in [4.78, 5) is 16.0. The highest BCUT2D eigenvalue weighted by Gasteiger charge is 2.25. The lowest BCUT2D eigenvalue weighted by molar-refractivity contribution is 0.158. The average Bonchev–Trinajstić information content (AvgIpc) is 2.30. The van der Waals surface area contributed by atoms with Gasteiger partial charge in [-0.25, -0.2) is 4.79 Å². The largest absolute Gasteiger partial charge is 0.325 e. The quantitative estimate of drug-likeness (QED) is 0.742. The molecule has 0 N–H and O–H groups in total. The van der Waals surface area contributed by atoms with E-state index in [0.29, 0.717) is 5.25 Å². The van der Waals surface area contributed by atoms with Gasteiger partial charge in [-0.05, 0) is 20.3 Å². The zero-order valence-electron chi connectivity index (χ0n) is 10.0. The van der Waals surface area contributed by atoms with Crippen molar-refractivity contribution in [3.63, 3.8) is 0 Å². The number of urea groups is 1. The lowest BCUT2D eigenvalue weighted by Gasteiger charge is -2.35. The second-order valence-corrected chi connectivity index (χ2v) is 5.21. The first kappa shape index (κ1) is 12.7. The van der Waals surface area contributed by atoms with Crippen LogP contribution < -0.4 is 0 Å². The number of hydrogen-bond acceptors (Lipinski definition) is 2. The number of carbonyl (C=O) groups excluding carboxylic acids is 1. The van der Waals surface area contributed by atoms with Crippen LogP contribution in [0.4, 0.5) is 4.79 Å². The predicted octanol–water partition coefficient (Wildman–Crippen LogP) is 2.28. The molecule has 1 atom stereocenters. The summed E-state index contributed by atoms with van der Waals surface area (Å²) in [7, 11) is 0. The maximum absolute atomic E-state index is 12.1. The molecule has 3 nitrogen and oxygen atoms in total. The van der Waals surface area contributed by atoms with E-state index < -0.39 is 0 Å². The Labute approximate surface area is 97.2 Å². The molecule has 0 aromatic heterocycles. The lowest BCUT2D eigenvalue weighted by Crippen LogP contribution is -2.48. The maximum atomic E-state index is 12.1. The minimum absolute atomic E-state index is 0.221. The summed E-state index contributed by atoms with van der Waals surface area (Å²) in [6.45, 7) is 9.75. The van der Waals surface area contributed by atoms with Crippen molar-refractivity contribution in [2.45, 2.75) is 32.4 Å². The SMILES string of the molecule is CCC1CN(C(=O)N(CC)CC)CCS1. The maximum Gasteiger partial charge on any atom is 0.320 e. The van der Waals surface area contributed by atoms with Gasteiger partial charge in [-0.2, -0.15) is 11.8 Å². The van der Waals surface area contributed by atoms with Crippen LogP contribution in [0.25, 0.3) is 0 Å². The topological polar surface area (TPSA) is 23.6 Å². The molecule has 1 unspecified atom stereocenters. The molecule has 1 aliphatic rings. The Kier molecular flexibility index (Phi) is 5.29. The molecule has 0 aromatic carbocycles. The van der Waals surface area contributed by atoms with Crippen LogP contribution in [-0.4, -0.2) is 53.0 Å². The van der Waals surface area contributed by atoms with Gasteiger partial charge in [-0.15, -0.1) is 0 Å². The summed E-state index contributed by atoms with van der Waals surface area (Å²) in [6, 6.07) is 0.221. The molecule has 0 radical (unpaired) electrons. The third kappa shape index (κ3) is 3.30. The third-order valence-electron chi connectivity index (χ3n) is 2.90. The highest BCUT2D eigenvalue weighted by Crippen LogP contribution is 2.21. The summed E-state index contributed by atoms with van der Waals surface area (Å²) in [6.07, 6.45) is 1.16. The lowest BCUT2D eigenvalue weighted by atomic mass is 10.3. The van der Waals surface area contributed by atoms with Gasteiger partial charge in [0.05, 0.1) is 0 Å². The van der Waals surface area contributed by atoms with Crippen molar-refractivity contribution >= 4 is 17.8 Å². The Morgan fingerprint density at radius 2 is 2.07 bits per heavy atom. The van der Waals surface area contributed by atoms with Gasteiger partial charge in [0, 0.05) is 37.2 Å². The van der Waals surface area contributed by atoms with Gasteiger partial charge in [0.25, 0.3) is 0 Å². The fraction of sp³-hybridized carbons (Fsp3) is 0.909. The summed E-state index contributed by atoms with van der Waals surface area (Å²) < 4.78 is 0. The van der Waals surface area contributed by atoms with E-state index in [9.17, 15) is 4.79 Å². The smallest absolute Gasteiger partial charge is 0.320 e. The van der Waals surface area contributed by atoms with E-state index >= 15 is 0 Å². The normalized spacial score (nSPS) is 21.5. The zero-order valence-corrected chi connectivity index (χ0v) is 10.8. The molecule has 4 heteroatoms. The van der Waals surface area contributed by atoms with Crippen LogP contribution in [0.2, 0.25) is 0 Å². The average molecular weight is 230 g/mol. The minimum atomic E-state index is 0.221. The van der Waals surface area contributed by atoms with Crippen LogP contribution in [0.1, 0.15) is 27.2 Å². The molecule has 1 heterocycles. The standard InChI is InChI=1S/C11H22N2OS/c1-4-10-9-13(7-8-15-10)11(14)12(5-2)6-3/h10H,4-9H2,1-3H3. The number of hydrogen-bond donors (Lipinski definition) is 0. The van der Waals surface area contributed by atoms with E-state index in [-0.39, 0.29) is 6.03 Å². The Hall–Kier alpha value is -0.380. The van der Waals surface area contributed by atoms with Crippen LogP contribution >= 0.6 is 11.8 Å². The van der Waals surface area contributed by atoms with Gasteiger partial charge in [0.2, 0.25) is 0 Å². The minimum Gasteiger partial charge on any atom is -0.325 e. The second-order valence-electron chi connectivity index (χ2n) is 3.80. The Morgan fingerprint density at radius 3 is 2.60 bits per heavy atom. The summed E-state index contributed by atoms with van der Waals surface area (Å²) >= 11 is 2.00. The molecule has 1 fully saturated rings. The van der Waals surface area contributed by atoms with Crippen LogP contribution in [-0.2, 0) is 0 Å². The molecule has 0 aromatic rings. The van der Waals surface area contributed by atoms with Gasteiger partial charge in [0.1, 0.15) is 0 Å². The van der Waals surface area contributed by atoms with Gasteiger partial charge in [0.15, 0.2) is 0 Å². The molecule has 15 heavy (non-hydrogen) atoms. The Morgan fingerprint density at radius 1 is 1.40 bits per heavy atom. The Bertz CT molecular complexity index is 207. The molecule has 0 spiro atoms. The highest BCUT2D eigenvalue weighted by molar-refractivity contribution is 8.00. The number of nitrogens with zero attached hydrogens (tertiary/aromatic N) is 2. The molecule has 0 aliphatic carbocycles. The van der Waals surface area contributed by atoms with Crippen LogP contribution in [0, 0.1) is 0 Å². The number of amides is 2. The molecule has 0 saturated carbocycles. The first-order chi connectivity index (χ1) is 7.22. The van der Waals surface area contributed by atoms with Crippen LogP contribution in [0.3, 0.4) is 0 Å². The van der Waals surface area contributed by atoms with Crippen molar-refractivity contribution in [3.05, 3.63) is 0 Å². The van der Waals surface area contributed by atoms with Crippen molar-refractivity contribution in [2.75, 3.05) is 31.9 Å². The molecule has 88 valence electrons. The monoisotopic (exact) mass is 230 g/mol. The molecular weight excluding hydrogens is 208 g/mol. The molecule has 1 aliphatic heterocycles. The molecule has 2 amide bonds. The van der Waals surface area contributed by atoms with Crippen molar-refractivity contribution in [1.82, 2.24) is 9.80 Å². The molecule has 0 bridgehead atoms. The number of thioether (sulfide) groups is 1. The Balaban J connectivity index is 2.51. The van der Waals surface area contributed by atoms with E-state index in [4.69, 9.17) is 0 Å². The van der Waals surface area contributed by atoms with Crippen molar-refractivity contribution < 1.29 is 4.79 Å². The van der Waals surface area contributed by atoms with Crippen molar-refractivity contribution in [2.24, 2.45) is 0 Å². The van der Waals surface area contributed by atoms with E-state index in [1.54, 1.807) is 0 Å². The summed E-state index contributed by atoms with van der Waals surface area (Å²) in [5, 5.41) is 0.637. The van der Waals surface area contributed by atoms with E-state index in [1.165, 1.54) is 0 Å². The van der Waals surface area contributed by atoms with Gasteiger partial charge in [-0.3, -0.25) is 0 Å². The second kappa shape index (κ2) is 6.26. The summed E-state index contributed by atoms with van der Waals surface area (Å²) in [5.41, 5.74) is 0. The first-order valence-corrected chi connectivity index (χ1v) is 6.93.